The molecule has 1 spiro atoms. The summed E-state index contributed by atoms with van der Waals surface area (Å²) in [6, 6.07) is 6.57. The van der Waals surface area contributed by atoms with Gasteiger partial charge in [-0.1, -0.05) is 24.3 Å². The second-order valence-corrected chi connectivity index (χ2v) is 7.50. The van der Waals surface area contributed by atoms with E-state index in [0.29, 0.717) is 25.1 Å². The number of nitrogens with one attached hydrogen (secondary N) is 1. The van der Waals surface area contributed by atoms with Crippen LogP contribution in [0.15, 0.2) is 34.7 Å². The van der Waals surface area contributed by atoms with E-state index in [-0.39, 0.29) is 51.7 Å². The molecule has 2 heterocycles. The van der Waals surface area contributed by atoms with E-state index in [1.165, 1.54) is 4.90 Å². The number of nitrogens with two attached hydrogens (primary N) is 1. The number of rotatable bonds is 3. The molecule has 26 heavy (non-hydrogen) atoms. The molecular weight excluding hydrogens is 354 g/mol. The second kappa shape index (κ2) is 6.07. The van der Waals surface area contributed by atoms with Crippen LogP contribution in [0, 0.1) is 0 Å². The molecule has 7 nitrogen and oxygen atoms in total. The predicted molar refractivity (Wildman–Crippen MR) is 95.7 cm³/mol. The topological polar surface area (TPSA) is 110 Å². The number of piperazine rings is 1. The van der Waals surface area contributed by atoms with E-state index in [9.17, 15) is 19.2 Å². The van der Waals surface area contributed by atoms with Crippen molar-refractivity contribution in [3.8, 4) is 0 Å². The van der Waals surface area contributed by atoms with Gasteiger partial charge in [-0.3, -0.25) is 19.2 Å². The highest BCUT2D eigenvalue weighted by molar-refractivity contribution is 8.04. The number of ketones is 2. The number of carbonyl (C=O) groups excluding carboxylic acids is 4. The summed E-state index contributed by atoms with van der Waals surface area (Å²) in [6.45, 7) is 0.676. The van der Waals surface area contributed by atoms with Gasteiger partial charge >= 0.3 is 0 Å². The molecule has 1 aromatic carbocycles. The Bertz CT molecular complexity index is 894. The highest BCUT2D eigenvalue weighted by Crippen LogP contribution is 2.46. The van der Waals surface area contributed by atoms with Crippen LogP contribution in [0.2, 0.25) is 0 Å². The Kier molecular flexibility index (Phi) is 3.96. The lowest BCUT2D eigenvalue weighted by molar-refractivity contribution is -0.147. The highest BCUT2D eigenvalue weighted by Gasteiger charge is 2.58. The van der Waals surface area contributed by atoms with Gasteiger partial charge in [0.25, 0.3) is 5.91 Å². The minimum atomic E-state index is -1.47. The fraction of sp³-hybridized carbons (Fsp3) is 0.333. The molecule has 0 aromatic heterocycles. The lowest BCUT2D eigenvalue weighted by Gasteiger charge is -2.41. The average molecular weight is 371 g/mol. The van der Waals surface area contributed by atoms with Gasteiger partial charge in [-0.2, -0.15) is 0 Å². The van der Waals surface area contributed by atoms with E-state index >= 15 is 0 Å². The van der Waals surface area contributed by atoms with Crippen LogP contribution in [0.5, 0.6) is 0 Å². The third-order valence-corrected chi connectivity index (χ3v) is 6.16. The molecule has 1 aromatic rings. The molecular formula is C18H17N3O4S. The number of thioether (sulfide) groups is 1. The summed E-state index contributed by atoms with van der Waals surface area (Å²) in [5.74, 6) is -1.17. The van der Waals surface area contributed by atoms with E-state index < -0.39 is 5.54 Å². The molecule has 3 aliphatic rings. The van der Waals surface area contributed by atoms with E-state index in [1.807, 2.05) is 0 Å². The number of benzene rings is 1. The molecule has 134 valence electrons. The lowest BCUT2D eigenvalue weighted by atomic mass is 9.78. The van der Waals surface area contributed by atoms with Crippen molar-refractivity contribution < 1.29 is 19.2 Å². The molecule has 2 amide bonds. The third-order valence-electron chi connectivity index (χ3n) is 4.91. The minimum Gasteiger partial charge on any atom is -0.336 e. The van der Waals surface area contributed by atoms with Crippen molar-refractivity contribution in [1.29, 1.82) is 0 Å². The molecule has 0 radical (unpaired) electrons. The van der Waals surface area contributed by atoms with Gasteiger partial charge in [0.15, 0.2) is 11.3 Å². The summed E-state index contributed by atoms with van der Waals surface area (Å²) in [7, 11) is 0. The first-order valence-corrected chi connectivity index (χ1v) is 9.34. The van der Waals surface area contributed by atoms with Crippen LogP contribution in [-0.4, -0.2) is 59.2 Å². The van der Waals surface area contributed by atoms with Gasteiger partial charge in [-0.15, -0.1) is 11.8 Å². The maximum Gasteiger partial charge on any atom is 0.254 e. The molecule has 1 atom stereocenters. The molecule has 0 bridgehead atoms. The van der Waals surface area contributed by atoms with Crippen LogP contribution in [0.1, 0.15) is 27.1 Å². The predicted octanol–water partition coefficient (Wildman–Crippen LogP) is 0.112. The molecule has 3 N–H and O–H groups in total. The summed E-state index contributed by atoms with van der Waals surface area (Å²) in [6.07, 6.45) is 0.559. The van der Waals surface area contributed by atoms with E-state index in [1.54, 1.807) is 24.3 Å². The van der Waals surface area contributed by atoms with Gasteiger partial charge in [0.05, 0.1) is 17.0 Å². The zero-order valence-electron chi connectivity index (χ0n) is 13.9. The first kappa shape index (κ1) is 17.0. The number of hydrogen-bond acceptors (Lipinski definition) is 6. The van der Waals surface area contributed by atoms with E-state index in [0.717, 1.165) is 11.8 Å². The van der Waals surface area contributed by atoms with E-state index in [2.05, 4.69) is 5.32 Å². The number of Topliss-reactive ketones (excluding diaryl/α,β-unsaturated/α-hetero) is 2. The first-order chi connectivity index (χ1) is 12.5. The molecule has 1 unspecified atom stereocenters. The summed E-state index contributed by atoms with van der Waals surface area (Å²) < 4.78 is 0. The first-order valence-electron chi connectivity index (χ1n) is 8.36. The van der Waals surface area contributed by atoms with Crippen LogP contribution in [0.25, 0.3) is 0 Å². The van der Waals surface area contributed by atoms with Crippen LogP contribution >= 0.6 is 11.8 Å². The van der Waals surface area contributed by atoms with Crippen molar-refractivity contribution in [2.24, 2.45) is 5.73 Å². The molecule has 1 aliphatic carbocycles. The van der Waals surface area contributed by atoms with Crippen LogP contribution < -0.4 is 11.1 Å². The van der Waals surface area contributed by atoms with Gasteiger partial charge in [0.1, 0.15) is 0 Å². The summed E-state index contributed by atoms with van der Waals surface area (Å²) in [5, 5.41) is 2.72. The fourth-order valence-electron chi connectivity index (χ4n) is 3.71. The Morgan fingerprint density at radius 1 is 1.12 bits per heavy atom. The number of carbonyl (C=O) groups is 4. The Morgan fingerprint density at radius 3 is 2.50 bits per heavy atom. The molecule has 1 fully saturated rings. The third kappa shape index (κ3) is 2.25. The monoisotopic (exact) mass is 371 g/mol. The molecule has 2 aliphatic heterocycles. The van der Waals surface area contributed by atoms with Crippen molar-refractivity contribution in [3.05, 3.63) is 45.9 Å². The normalized spacial score (nSPS) is 24.9. The van der Waals surface area contributed by atoms with Crippen molar-refractivity contribution in [2.45, 2.75) is 12.0 Å². The van der Waals surface area contributed by atoms with Crippen LogP contribution in [0.4, 0.5) is 0 Å². The zero-order valence-corrected chi connectivity index (χ0v) is 14.7. The van der Waals surface area contributed by atoms with E-state index in [4.69, 9.17) is 5.73 Å². The van der Waals surface area contributed by atoms with Gasteiger partial charge < -0.3 is 16.0 Å². The Labute approximate surface area is 154 Å². The average Bonchev–Trinajstić information content (AvgIpc) is 3.02. The number of amides is 2. The van der Waals surface area contributed by atoms with Crippen molar-refractivity contribution >= 4 is 35.1 Å². The summed E-state index contributed by atoms with van der Waals surface area (Å²) in [5.41, 5.74) is 4.78. The number of fused-ring (bicyclic) bond motifs is 2. The van der Waals surface area contributed by atoms with Crippen molar-refractivity contribution in [2.75, 3.05) is 25.4 Å². The smallest absolute Gasteiger partial charge is 0.254 e. The zero-order chi connectivity index (χ0) is 18.5. The molecule has 1 saturated heterocycles. The molecule has 4 rings (SSSR count). The molecule has 8 heteroatoms. The van der Waals surface area contributed by atoms with Crippen LogP contribution in [-0.2, 0) is 9.59 Å². The summed E-state index contributed by atoms with van der Waals surface area (Å²) in [4.78, 5) is 53.1. The molecule has 0 saturated carbocycles. The van der Waals surface area contributed by atoms with Gasteiger partial charge in [-0.05, 0) is 13.0 Å². The lowest BCUT2D eigenvalue weighted by Crippen LogP contribution is -2.69. The standard InChI is InChI=1S/C18H17N3O4S/c19-6-3-7-21-8-12(22)20-18(17(21)25)9-26-16-13(18)14(23)10-4-1-2-5-11(10)15(16)24/h1-2,4-5H,3,6-9,19H2,(H,20,22). The minimum absolute atomic E-state index is 0.0629. The highest BCUT2D eigenvalue weighted by atomic mass is 32.2. The van der Waals surface area contributed by atoms with Crippen LogP contribution in [0.3, 0.4) is 0 Å². The van der Waals surface area contributed by atoms with Gasteiger partial charge in [-0.25, -0.2) is 0 Å². The number of nitrogens with zero attached hydrogens (tertiary/aromatic N) is 1. The fourth-order valence-corrected chi connectivity index (χ4v) is 5.06. The number of hydrogen-bond donors (Lipinski definition) is 2. The SMILES string of the molecule is NCCCN1CC(=O)NC2(CSC3=C2C(=O)c2ccccc2C3=O)C1=O. The summed E-state index contributed by atoms with van der Waals surface area (Å²) >= 11 is 1.16. The maximum atomic E-state index is 13.2. The Balaban J connectivity index is 1.81. The quantitative estimate of drug-likeness (QED) is 0.781. The van der Waals surface area contributed by atoms with Crippen molar-refractivity contribution in [3.63, 3.8) is 0 Å². The Morgan fingerprint density at radius 2 is 1.81 bits per heavy atom. The van der Waals surface area contributed by atoms with Gasteiger partial charge in [0.2, 0.25) is 11.7 Å². The largest absolute Gasteiger partial charge is 0.336 e. The maximum absolute atomic E-state index is 13.2. The van der Waals surface area contributed by atoms with Crippen molar-refractivity contribution in [1.82, 2.24) is 10.2 Å². The Hall–Kier alpha value is -2.45. The number of allylic oxidation sites excluding steroid dienone is 1. The van der Waals surface area contributed by atoms with Gasteiger partial charge in [0, 0.05) is 23.4 Å². The second-order valence-electron chi connectivity index (χ2n) is 6.52.